The molecule has 1 rings (SSSR count). The maximum absolute atomic E-state index is 12.2. The topological polar surface area (TPSA) is 37.4 Å². The summed E-state index contributed by atoms with van der Waals surface area (Å²) in [4.78, 5) is 0.422. The minimum absolute atomic E-state index is 0.324. The first-order chi connectivity index (χ1) is 9.67. The summed E-state index contributed by atoms with van der Waals surface area (Å²) in [5.41, 5.74) is 2.92. The smallest absolute Gasteiger partial charge is 0.207 e. The highest BCUT2D eigenvalue weighted by molar-refractivity contribution is 7.89. The second-order valence-corrected chi connectivity index (χ2v) is 7.02. The quantitative estimate of drug-likeness (QED) is 0.808. The van der Waals surface area contributed by atoms with Crippen LogP contribution in [0.15, 0.2) is 17.0 Å². The number of rotatable bonds is 3. The molecule has 0 saturated carbocycles. The van der Waals surface area contributed by atoms with Gasteiger partial charge in [-0.15, -0.1) is 0 Å². The van der Waals surface area contributed by atoms with Crippen molar-refractivity contribution in [1.29, 1.82) is 0 Å². The van der Waals surface area contributed by atoms with Crippen molar-refractivity contribution < 1.29 is 8.42 Å². The molecule has 0 heterocycles. The Labute approximate surface area is 132 Å². The number of sulfonamides is 1. The second-order valence-electron chi connectivity index (χ2n) is 4.90. The zero-order chi connectivity index (χ0) is 17.4. The molecule has 1 aromatic rings. The van der Waals surface area contributed by atoms with E-state index >= 15 is 0 Å². The molecule has 3 nitrogen and oxygen atoms in total. The molecule has 0 spiro atoms. The zero-order valence-electron chi connectivity index (χ0n) is 15.4. The molecule has 1 aromatic carbocycles. The zero-order valence-corrected chi connectivity index (χ0v) is 16.2. The predicted octanol–water partition coefficient (Wildman–Crippen LogP) is 4.73. The van der Waals surface area contributed by atoms with E-state index in [4.69, 9.17) is 0 Å². The van der Waals surface area contributed by atoms with Crippen LogP contribution in [0.1, 0.15) is 64.2 Å². The molecule has 0 aromatic heterocycles. The molecule has 4 heteroatoms. The van der Waals surface area contributed by atoms with Crippen LogP contribution < -0.4 is 0 Å². The van der Waals surface area contributed by atoms with Crippen molar-refractivity contribution in [2.24, 2.45) is 0 Å². The monoisotopic (exact) mass is 315 g/mol. The Morgan fingerprint density at radius 1 is 0.952 bits per heavy atom. The van der Waals surface area contributed by atoms with Crippen LogP contribution in [0, 0.1) is 13.8 Å². The van der Waals surface area contributed by atoms with Crippen LogP contribution in [0.2, 0.25) is 0 Å². The van der Waals surface area contributed by atoms with E-state index in [0.29, 0.717) is 10.8 Å². The van der Waals surface area contributed by atoms with Crippen molar-refractivity contribution in [1.82, 2.24) is 4.31 Å². The van der Waals surface area contributed by atoms with Crippen LogP contribution in [0.25, 0.3) is 0 Å². The summed E-state index contributed by atoms with van der Waals surface area (Å²) in [5.74, 6) is 0.324. The van der Waals surface area contributed by atoms with Gasteiger partial charge in [-0.05, 0) is 42.5 Å². The lowest BCUT2D eigenvalue weighted by molar-refractivity contribution is 0.520. The number of benzene rings is 1. The van der Waals surface area contributed by atoms with Gasteiger partial charge in [0.25, 0.3) is 0 Å². The summed E-state index contributed by atoms with van der Waals surface area (Å²) in [7, 11) is -0.229. The number of aryl methyl sites for hydroxylation is 1. The lowest BCUT2D eigenvalue weighted by Gasteiger charge is -2.17. The maximum atomic E-state index is 12.2. The van der Waals surface area contributed by atoms with Crippen molar-refractivity contribution in [2.45, 2.75) is 66.2 Å². The largest absolute Gasteiger partial charge is 0.242 e. The van der Waals surface area contributed by atoms with Crippen molar-refractivity contribution in [3.8, 4) is 0 Å². The van der Waals surface area contributed by atoms with Crippen LogP contribution in [0.5, 0.6) is 0 Å². The predicted molar refractivity (Wildman–Crippen MR) is 93.6 cm³/mol. The Morgan fingerprint density at radius 3 is 1.71 bits per heavy atom. The van der Waals surface area contributed by atoms with E-state index in [-0.39, 0.29) is 0 Å². The van der Waals surface area contributed by atoms with Crippen molar-refractivity contribution in [2.75, 3.05) is 14.1 Å². The van der Waals surface area contributed by atoms with Gasteiger partial charge in [0.15, 0.2) is 0 Å². The van der Waals surface area contributed by atoms with Gasteiger partial charge in [0, 0.05) is 14.1 Å². The summed E-state index contributed by atoms with van der Waals surface area (Å²) >= 11 is 0. The van der Waals surface area contributed by atoms with Crippen LogP contribution in [-0.2, 0) is 10.0 Å². The van der Waals surface area contributed by atoms with E-state index in [2.05, 4.69) is 19.9 Å². The normalized spacial score (nSPS) is 10.7. The second kappa shape index (κ2) is 9.96. The standard InChI is InChI=1S/C13H21NO2S.2C2H6/c1-9(2)12-7-10(3)11(4)13(8-12)17(15,16)14(5)6;2*1-2/h7-9H,1-6H3;2*1-2H3. The summed E-state index contributed by atoms with van der Waals surface area (Å²) < 4.78 is 25.7. The highest BCUT2D eigenvalue weighted by Crippen LogP contribution is 2.26. The minimum atomic E-state index is -3.35. The SMILES string of the molecule is CC.CC.Cc1cc(C(C)C)cc(S(=O)(=O)N(C)C)c1C. The Balaban J connectivity index is 0. The third-order valence-electron chi connectivity index (χ3n) is 3.07. The number of nitrogens with zero attached hydrogens (tertiary/aromatic N) is 1. The van der Waals surface area contributed by atoms with Gasteiger partial charge in [-0.3, -0.25) is 0 Å². The Kier molecular flexibility index (Phi) is 10.6. The lowest BCUT2D eigenvalue weighted by atomic mass is 9.98. The third kappa shape index (κ3) is 5.79. The van der Waals surface area contributed by atoms with Gasteiger partial charge < -0.3 is 0 Å². The molecule has 0 saturated heterocycles. The number of hydrogen-bond donors (Lipinski definition) is 0. The Hall–Kier alpha value is -0.870. The first-order valence-electron chi connectivity index (χ1n) is 7.71. The molecule has 0 aliphatic rings. The fourth-order valence-corrected chi connectivity index (χ4v) is 2.88. The first-order valence-corrected chi connectivity index (χ1v) is 9.15. The lowest BCUT2D eigenvalue weighted by Crippen LogP contribution is -2.23. The molecular formula is C17H33NO2S. The van der Waals surface area contributed by atoms with Crippen LogP contribution in [0.3, 0.4) is 0 Å². The third-order valence-corrected chi connectivity index (χ3v) is 5.01. The molecule has 0 unspecified atom stereocenters. The molecule has 0 N–H and O–H groups in total. The molecule has 0 aliphatic carbocycles. The average Bonchev–Trinajstić information content (AvgIpc) is 2.45. The molecule has 0 aliphatic heterocycles. The van der Waals surface area contributed by atoms with Crippen LogP contribution in [0.4, 0.5) is 0 Å². The molecule has 0 bridgehead atoms. The molecule has 0 amide bonds. The van der Waals surface area contributed by atoms with Gasteiger partial charge in [0.2, 0.25) is 10.0 Å². The van der Waals surface area contributed by atoms with Crippen LogP contribution >= 0.6 is 0 Å². The summed E-state index contributed by atoms with van der Waals surface area (Å²) in [5, 5.41) is 0. The highest BCUT2D eigenvalue weighted by atomic mass is 32.2. The van der Waals surface area contributed by atoms with Crippen molar-refractivity contribution in [3.63, 3.8) is 0 Å². The van der Waals surface area contributed by atoms with Crippen LogP contribution in [-0.4, -0.2) is 26.8 Å². The van der Waals surface area contributed by atoms with Gasteiger partial charge in [0.05, 0.1) is 4.90 Å². The van der Waals surface area contributed by atoms with Crippen molar-refractivity contribution in [3.05, 3.63) is 28.8 Å². The summed E-state index contributed by atoms with van der Waals surface area (Å²) in [6.45, 7) is 15.9. The van der Waals surface area contributed by atoms with Gasteiger partial charge in [-0.25, -0.2) is 12.7 Å². The number of hydrogen-bond acceptors (Lipinski definition) is 2. The van der Waals surface area contributed by atoms with E-state index < -0.39 is 10.0 Å². The maximum Gasteiger partial charge on any atom is 0.242 e. The highest BCUT2D eigenvalue weighted by Gasteiger charge is 2.21. The van der Waals surface area contributed by atoms with E-state index in [9.17, 15) is 8.42 Å². The first kappa shape index (κ1) is 22.4. The molecule has 21 heavy (non-hydrogen) atoms. The molecule has 0 radical (unpaired) electrons. The van der Waals surface area contributed by atoms with Gasteiger partial charge in [0.1, 0.15) is 0 Å². The van der Waals surface area contributed by atoms with E-state index in [0.717, 1.165) is 16.7 Å². The van der Waals surface area contributed by atoms with Crippen molar-refractivity contribution >= 4 is 10.0 Å². The average molecular weight is 316 g/mol. The van der Waals surface area contributed by atoms with E-state index in [1.165, 1.54) is 4.31 Å². The fraction of sp³-hybridized carbons (Fsp3) is 0.647. The van der Waals surface area contributed by atoms with Gasteiger partial charge in [-0.2, -0.15) is 0 Å². The van der Waals surface area contributed by atoms with Gasteiger partial charge in [-0.1, -0.05) is 47.6 Å². The fourth-order valence-electron chi connectivity index (χ4n) is 1.65. The molecule has 0 fully saturated rings. The van der Waals surface area contributed by atoms with E-state index in [1.807, 2.05) is 41.5 Å². The Morgan fingerprint density at radius 2 is 1.38 bits per heavy atom. The van der Waals surface area contributed by atoms with E-state index in [1.54, 1.807) is 20.2 Å². The summed E-state index contributed by atoms with van der Waals surface area (Å²) in [6, 6.07) is 3.86. The molecular weight excluding hydrogens is 282 g/mol. The summed E-state index contributed by atoms with van der Waals surface area (Å²) in [6.07, 6.45) is 0. The Bertz CT molecular complexity index is 518. The minimum Gasteiger partial charge on any atom is -0.207 e. The molecule has 124 valence electrons. The van der Waals surface area contributed by atoms with Gasteiger partial charge >= 0.3 is 0 Å². The molecule has 0 atom stereocenters.